The summed E-state index contributed by atoms with van der Waals surface area (Å²) in [6.45, 7) is 1.52. The zero-order valence-electron chi connectivity index (χ0n) is 17.0. The Bertz CT molecular complexity index is 1310. The molecule has 0 atom stereocenters. The molecule has 0 unspecified atom stereocenters. The Labute approximate surface area is 186 Å². The lowest BCUT2D eigenvalue weighted by Crippen LogP contribution is -2.22. The molecule has 0 aliphatic carbocycles. The molecule has 0 fully saturated rings. The minimum atomic E-state index is -4.64. The third-order valence-corrected chi connectivity index (χ3v) is 5.26. The molecule has 0 radical (unpaired) electrons. The summed E-state index contributed by atoms with van der Waals surface area (Å²) in [6.07, 6.45) is 3.22. The van der Waals surface area contributed by atoms with Crippen molar-refractivity contribution in [2.75, 3.05) is 11.9 Å². The second-order valence-electron chi connectivity index (χ2n) is 6.57. The standard InChI is InChI=1S/C20H16N4O2S.H3O4P/c1-13(25)23(2)15-6-3-5-14(11-15)17-8-9-21-20-16(12-22-24(17)20)19(26)18-7-4-10-27-18;1-5(2,3)4/h3-12H,1-2H3;(H3,1,2,3,4). The van der Waals surface area contributed by atoms with E-state index >= 15 is 0 Å². The highest BCUT2D eigenvalue weighted by atomic mass is 32.1. The molecule has 3 aromatic heterocycles. The maximum atomic E-state index is 12.7. The molecule has 1 aromatic carbocycles. The van der Waals surface area contributed by atoms with Crippen LogP contribution in [0.3, 0.4) is 0 Å². The second kappa shape index (κ2) is 9.51. The van der Waals surface area contributed by atoms with Gasteiger partial charge in [-0.25, -0.2) is 14.1 Å². The number of carbonyl (C=O) groups is 2. The Kier molecular flexibility index (Phi) is 6.97. The van der Waals surface area contributed by atoms with Crippen molar-refractivity contribution < 1.29 is 28.8 Å². The van der Waals surface area contributed by atoms with Crippen molar-refractivity contribution in [2.24, 2.45) is 0 Å². The van der Waals surface area contributed by atoms with Crippen LogP contribution in [-0.2, 0) is 9.36 Å². The summed E-state index contributed by atoms with van der Waals surface area (Å²) >= 11 is 1.39. The Balaban J connectivity index is 0.000000523. The number of amides is 1. The summed E-state index contributed by atoms with van der Waals surface area (Å²) in [6, 6.07) is 13.1. The van der Waals surface area contributed by atoms with Gasteiger partial charge in [-0.05, 0) is 29.6 Å². The summed E-state index contributed by atoms with van der Waals surface area (Å²) in [4.78, 5) is 52.5. The summed E-state index contributed by atoms with van der Waals surface area (Å²) in [5.74, 6) is -0.135. The monoisotopic (exact) mass is 474 g/mol. The first kappa shape index (κ1) is 23.5. The fourth-order valence-corrected chi connectivity index (χ4v) is 3.54. The number of thiophene rings is 1. The van der Waals surface area contributed by atoms with Gasteiger partial charge in [0.1, 0.15) is 0 Å². The van der Waals surface area contributed by atoms with E-state index in [-0.39, 0.29) is 11.7 Å². The van der Waals surface area contributed by atoms with Crippen molar-refractivity contribution in [3.05, 3.63) is 70.7 Å². The van der Waals surface area contributed by atoms with Gasteiger partial charge in [0, 0.05) is 31.4 Å². The van der Waals surface area contributed by atoms with Crippen molar-refractivity contribution in [3.63, 3.8) is 0 Å². The topological polar surface area (TPSA) is 145 Å². The van der Waals surface area contributed by atoms with Crippen LogP contribution < -0.4 is 4.90 Å². The predicted octanol–water partition coefficient (Wildman–Crippen LogP) is 2.74. The molecule has 0 bridgehead atoms. The smallest absolute Gasteiger partial charge is 0.316 e. The normalized spacial score (nSPS) is 11.0. The van der Waals surface area contributed by atoms with Crippen LogP contribution in [0.1, 0.15) is 22.2 Å². The quantitative estimate of drug-likeness (QED) is 0.302. The van der Waals surface area contributed by atoms with Crippen molar-refractivity contribution in [1.82, 2.24) is 14.6 Å². The molecule has 166 valence electrons. The lowest BCUT2D eigenvalue weighted by atomic mass is 10.1. The predicted molar refractivity (Wildman–Crippen MR) is 120 cm³/mol. The van der Waals surface area contributed by atoms with E-state index in [1.165, 1.54) is 18.3 Å². The molecule has 0 aliphatic heterocycles. The van der Waals surface area contributed by atoms with Gasteiger partial charge < -0.3 is 19.6 Å². The number of benzene rings is 1. The van der Waals surface area contributed by atoms with Crippen LogP contribution in [0.25, 0.3) is 16.9 Å². The van der Waals surface area contributed by atoms with Crippen LogP contribution in [0.15, 0.2) is 60.2 Å². The molecular weight excluding hydrogens is 455 g/mol. The van der Waals surface area contributed by atoms with Gasteiger partial charge in [0.05, 0.1) is 22.3 Å². The van der Waals surface area contributed by atoms with E-state index in [0.717, 1.165) is 16.9 Å². The SMILES string of the molecule is CC(=O)N(C)c1cccc(-c2ccnc3c(C(=O)c4cccs4)cnn23)c1.O=P(O)(O)O. The largest absolute Gasteiger partial charge is 0.466 e. The molecular formula is C20H19N4O6PS. The Morgan fingerprint density at radius 3 is 2.47 bits per heavy atom. The van der Waals surface area contributed by atoms with E-state index in [4.69, 9.17) is 19.2 Å². The zero-order chi connectivity index (χ0) is 23.5. The van der Waals surface area contributed by atoms with Crippen molar-refractivity contribution >= 4 is 42.2 Å². The van der Waals surface area contributed by atoms with Gasteiger partial charge in [-0.1, -0.05) is 18.2 Å². The van der Waals surface area contributed by atoms with E-state index in [1.807, 2.05) is 41.8 Å². The maximum absolute atomic E-state index is 12.7. The number of carbonyl (C=O) groups excluding carboxylic acids is 2. The lowest BCUT2D eigenvalue weighted by Gasteiger charge is -2.16. The van der Waals surface area contributed by atoms with E-state index in [0.29, 0.717) is 16.1 Å². The van der Waals surface area contributed by atoms with Gasteiger partial charge in [0.25, 0.3) is 0 Å². The minimum Gasteiger partial charge on any atom is -0.316 e. The van der Waals surface area contributed by atoms with Crippen molar-refractivity contribution in [1.29, 1.82) is 0 Å². The van der Waals surface area contributed by atoms with Crippen LogP contribution in [0, 0.1) is 0 Å². The number of rotatable bonds is 4. The molecule has 0 saturated carbocycles. The van der Waals surface area contributed by atoms with Gasteiger partial charge in [-0.3, -0.25) is 9.59 Å². The molecule has 12 heteroatoms. The number of ketones is 1. The van der Waals surface area contributed by atoms with Crippen LogP contribution in [-0.4, -0.2) is 48.0 Å². The third-order valence-electron chi connectivity index (χ3n) is 4.39. The molecule has 3 N–H and O–H groups in total. The highest BCUT2D eigenvalue weighted by Gasteiger charge is 2.18. The molecule has 0 saturated heterocycles. The number of aromatic nitrogens is 3. The van der Waals surface area contributed by atoms with Crippen molar-refractivity contribution in [2.45, 2.75) is 6.92 Å². The third kappa shape index (κ3) is 5.52. The van der Waals surface area contributed by atoms with Crippen LogP contribution in [0.2, 0.25) is 0 Å². The van der Waals surface area contributed by atoms with Gasteiger partial charge >= 0.3 is 7.82 Å². The summed E-state index contributed by atoms with van der Waals surface area (Å²) in [5.41, 5.74) is 3.44. The van der Waals surface area contributed by atoms with Crippen LogP contribution in [0.4, 0.5) is 5.69 Å². The fourth-order valence-electron chi connectivity index (χ4n) is 2.87. The van der Waals surface area contributed by atoms with E-state index in [9.17, 15) is 9.59 Å². The van der Waals surface area contributed by atoms with E-state index < -0.39 is 7.82 Å². The molecule has 32 heavy (non-hydrogen) atoms. The molecule has 4 aromatic rings. The molecule has 1 amide bonds. The Hall–Kier alpha value is -3.21. The van der Waals surface area contributed by atoms with E-state index in [2.05, 4.69) is 10.1 Å². The maximum Gasteiger partial charge on any atom is 0.466 e. The summed E-state index contributed by atoms with van der Waals surface area (Å²) in [5, 5.41) is 6.26. The van der Waals surface area contributed by atoms with Gasteiger partial charge in [0.2, 0.25) is 11.7 Å². The fraction of sp³-hybridized carbons (Fsp3) is 0.100. The first-order valence-corrected chi connectivity index (χ1v) is 11.5. The highest BCUT2D eigenvalue weighted by molar-refractivity contribution is 7.45. The van der Waals surface area contributed by atoms with Gasteiger partial charge in [0.15, 0.2) is 5.65 Å². The van der Waals surface area contributed by atoms with E-state index in [1.54, 1.807) is 34.9 Å². The second-order valence-corrected chi connectivity index (χ2v) is 8.55. The zero-order valence-corrected chi connectivity index (χ0v) is 18.7. The van der Waals surface area contributed by atoms with Gasteiger partial charge in [-0.2, -0.15) is 5.10 Å². The Morgan fingerprint density at radius 1 is 1.12 bits per heavy atom. The number of fused-ring (bicyclic) bond motifs is 1. The highest BCUT2D eigenvalue weighted by Crippen LogP contribution is 2.27. The van der Waals surface area contributed by atoms with Gasteiger partial charge in [-0.15, -0.1) is 11.3 Å². The molecule has 10 nitrogen and oxygen atoms in total. The van der Waals surface area contributed by atoms with Crippen LogP contribution in [0.5, 0.6) is 0 Å². The number of nitrogens with zero attached hydrogens (tertiary/aromatic N) is 4. The average Bonchev–Trinajstić information content (AvgIpc) is 3.41. The molecule has 3 heterocycles. The molecule has 4 rings (SSSR count). The van der Waals surface area contributed by atoms with Crippen molar-refractivity contribution in [3.8, 4) is 11.3 Å². The summed E-state index contributed by atoms with van der Waals surface area (Å²) < 4.78 is 10.5. The number of hydrogen-bond donors (Lipinski definition) is 3. The summed E-state index contributed by atoms with van der Waals surface area (Å²) in [7, 11) is -2.91. The molecule has 0 aliphatic rings. The Morgan fingerprint density at radius 2 is 1.84 bits per heavy atom. The first-order valence-electron chi connectivity index (χ1n) is 9.10. The lowest BCUT2D eigenvalue weighted by molar-refractivity contribution is -0.116. The average molecular weight is 474 g/mol. The first-order chi connectivity index (χ1) is 15.1. The number of anilines is 1. The van der Waals surface area contributed by atoms with Crippen LogP contribution >= 0.6 is 19.2 Å². The molecule has 0 spiro atoms. The number of phosphoric acid groups is 1. The number of hydrogen-bond acceptors (Lipinski definition) is 6. The minimum absolute atomic E-state index is 0.0463.